The molecule has 1 aromatic rings. The van der Waals surface area contributed by atoms with E-state index < -0.39 is 6.09 Å². The van der Waals surface area contributed by atoms with Crippen LogP contribution in [-0.4, -0.2) is 17.7 Å². The second-order valence-electron chi connectivity index (χ2n) is 2.68. The summed E-state index contributed by atoms with van der Waals surface area (Å²) in [7, 11) is 0. The maximum Gasteiger partial charge on any atom is 0.412 e. The highest BCUT2D eigenvalue weighted by Gasteiger charge is 2.06. The van der Waals surface area contributed by atoms with E-state index in [0.29, 0.717) is 11.6 Å². The van der Waals surface area contributed by atoms with Crippen LogP contribution in [0.15, 0.2) is 28.7 Å². The van der Waals surface area contributed by atoms with E-state index in [0.717, 1.165) is 10.0 Å². The summed E-state index contributed by atoms with van der Waals surface area (Å²) in [6, 6.07) is 7.35. The van der Waals surface area contributed by atoms with Gasteiger partial charge in [0.15, 0.2) is 0 Å². The van der Waals surface area contributed by atoms with E-state index in [1.807, 2.05) is 24.3 Å². The molecule has 15 heavy (non-hydrogen) atoms. The Morgan fingerprint density at radius 2 is 2.07 bits per heavy atom. The molecule has 0 aliphatic carbocycles. The second kappa shape index (κ2) is 5.82. The number of hydrogen-bond donors (Lipinski definition) is 1. The first-order chi connectivity index (χ1) is 7.13. The molecule has 0 unspecified atom stereocenters. The SMILES string of the molecule is CCOC(=O)NC(=S)c1ccc(Br)cc1. The minimum Gasteiger partial charge on any atom is -0.450 e. The quantitative estimate of drug-likeness (QED) is 0.850. The third kappa shape index (κ3) is 3.97. The molecule has 80 valence electrons. The predicted molar refractivity (Wildman–Crippen MR) is 66.0 cm³/mol. The molecule has 1 amide bonds. The van der Waals surface area contributed by atoms with Crippen LogP contribution in [0.1, 0.15) is 12.5 Å². The van der Waals surface area contributed by atoms with E-state index in [1.54, 1.807) is 6.92 Å². The lowest BCUT2D eigenvalue weighted by Gasteiger charge is -2.06. The average molecular weight is 288 g/mol. The van der Waals surface area contributed by atoms with Crippen LogP contribution in [-0.2, 0) is 4.74 Å². The first-order valence-corrected chi connectivity index (χ1v) is 5.57. The molecular weight excluding hydrogens is 278 g/mol. The lowest BCUT2D eigenvalue weighted by Crippen LogP contribution is -2.30. The third-order valence-electron chi connectivity index (χ3n) is 1.60. The van der Waals surface area contributed by atoms with E-state index >= 15 is 0 Å². The summed E-state index contributed by atoms with van der Waals surface area (Å²) in [6.45, 7) is 2.07. The van der Waals surface area contributed by atoms with E-state index in [2.05, 4.69) is 21.2 Å². The molecule has 0 saturated heterocycles. The van der Waals surface area contributed by atoms with Gasteiger partial charge in [-0.1, -0.05) is 40.3 Å². The summed E-state index contributed by atoms with van der Waals surface area (Å²) in [5.74, 6) is 0. The molecule has 1 rings (SSSR count). The zero-order valence-corrected chi connectivity index (χ0v) is 10.5. The number of rotatable bonds is 2. The Labute approximate surface area is 102 Å². The van der Waals surface area contributed by atoms with Gasteiger partial charge in [0.25, 0.3) is 0 Å². The van der Waals surface area contributed by atoms with Crippen LogP contribution in [0.4, 0.5) is 4.79 Å². The van der Waals surface area contributed by atoms with Crippen molar-refractivity contribution < 1.29 is 9.53 Å². The number of ether oxygens (including phenoxy) is 1. The molecule has 0 bridgehead atoms. The van der Waals surface area contributed by atoms with Gasteiger partial charge in [-0.2, -0.15) is 0 Å². The Morgan fingerprint density at radius 1 is 1.47 bits per heavy atom. The van der Waals surface area contributed by atoms with Crippen molar-refractivity contribution in [2.45, 2.75) is 6.92 Å². The summed E-state index contributed by atoms with van der Waals surface area (Å²) >= 11 is 8.34. The smallest absolute Gasteiger partial charge is 0.412 e. The number of alkyl carbamates (subject to hydrolysis) is 1. The number of carbonyl (C=O) groups excluding carboxylic acids is 1. The van der Waals surface area contributed by atoms with Crippen molar-refractivity contribution in [3.05, 3.63) is 34.3 Å². The fourth-order valence-electron chi connectivity index (χ4n) is 0.933. The number of thiocarbonyl (C=S) groups is 1. The predicted octanol–water partition coefficient (Wildman–Crippen LogP) is 2.87. The van der Waals surface area contributed by atoms with Gasteiger partial charge in [0.05, 0.1) is 6.61 Å². The van der Waals surface area contributed by atoms with E-state index in [4.69, 9.17) is 17.0 Å². The summed E-state index contributed by atoms with van der Waals surface area (Å²) in [5.41, 5.74) is 0.779. The van der Waals surface area contributed by atoms with Crippen molar-refractivity contribution in [1.29, 1.82) is 0 Å². The molecule has 0 aliphatic heterocycles. The van der Waals surface area contributed by atoms with Crippen LogP contribution in [0, 0.1) is 0 Å². The Balaban J connectivity index is 2.61. The molecule has 1 aromatic carbocycles. The lowest BCUT2D eigenvalue weighted by atomic mass is 10.2. The zero-order chi connectivity index (χ0) is 11.3. The molecule has 3 nitrogen and oxygen atoms in total. The van der Waals surface area contributed by atoms with Crippen LogP contribution in [0.3, 0.4) is 0 Å². The Bertz CT molecular complexity index is 364. The number of amides is 1. The zero-order valence-electron chi connectivity index (χ0n) is 8.12. The van der Waals surface area contributed by atoms with E-state index in [-0.39, 0.29) is 0 Å². The summed E-state index contributed by atoms with van der Waals surface area (Å²) in [4.78, 5) is 11.4. The average Bonchev–Trinajstić information content (AvgIpc) is 2.18. The van der Waals surface area contributed by atoms with Gasteiger partial charge in [0, 0.05) is 10.0 Å². The van der Waals surface area contributed by atoms with Crippen LogP contribution >= 0.6 is 28.1 Å². The number of halogens is 1. The highest BCUT2D eigenvalue weighted by molar-refractivity contribution is 9.10. The van der Waals surface area contributed by atoms with Crippen molar-refractivity contribution >= 4 is 39.2 Å². The molecule has 0 atom stereocenters. The fourth-order valence-corrected chi connectivity index (χ4v) is 1.42. The number of hydrogen-bond acceptors (Lipinski definition) is 3. The summed E-state index contributed by atoms with van der Waals surface area (Å²) in [6.07, 6.45) is -0.523. The van der Waals surface area contributed by atoms with Crippen molar-refractivity contribution in [2.75, 3.05) is 6.61 Å². The summed E-state index contributed by atoms with van der Waals surface area (Å²) in [5, 5.41) is 2.47. The Kier molecular flexibility index (Phi) is 4.71. The molecule has 0 fully saturated rings. The van der Waals surface area contributed by atoms with Crippen LogP contribution in [0.5, 0.6) is 0 Å². The largest absolute Gasteiger partial charge is 0.450 e. The molecule has 5 heteroatoms. The van der Waals surface area contributed by atoms with Gasteiger partial charge in [0.1, 0.15) is 4.99 Å². The van der Waals surface area contributed by atoms with E-state index in [1.165, 1.54) is 0 Å². The van der Waals surface area contributed by atoms with Crippen molar-refractivity contribution in [3.63, 3.8) is 0 Å². The van der Waals surface area contributed by atoms with Gasteiger partial charge in [-0.05, 0) is 19.1 Å². The third-order valence-corrected chi connectivity index (χ3v) is 2.46. The van der Waals surface area contributed by atoms with Gasteiger partial charge in [-0.15, -0.1) is 0 Å². The summed E-state index contributed by atoms with van der Waals surface area (Å²) < 4.78 is 5.67. The molecule has 0 aliphatic rings. The normalized spacial score (nSPS) is 9.47. The maximum absolute atomic E-state index is 11.1. The standard InChI is InChI=1S/C10H10BrNO2S/c1-2-14-10(13)12-9(15)7-3-5-8(11)6-4-7/h3-6H,2H2,1H3,(H,12,13,15). The first kappa shape index (κ1) is 12.1. The molecule has 0 heterocycles. The van der Waals surface area contributed by atoms with Crippen molar-refractivity contribution in [2.24, 2.45) is 0 Å². The van der Waals surface area contributed by atoms with Crippen LogP contribution in [0.2, 0.25) is 0 Å². The van der Waals surface area contributed by atoms with Gasteiger partial charge in [-0.3, -0.25) is 5.32 Å². The van der Waals surface area contributed by atoms with E-state index in [9.17, 15) is 4.79 Å². The van der Waals surface area contributed by atoms with Crippen molar-refractivity contribution in [3.8, 4) is 0 Å². The molecular formula is C10H10BrNO2S. The minimum atomic E-state index is -0.523. The number of carbonyl (C=O) groups is 1. The van der Waals surface area contributed by atoms with Gasteiger partial charge in [-0.25, -0.2) is 4.79 Å². The topological polar surface area (TPSA) is 38.3 Å². The fraction of sp³-hybridized carbons (Fsp3) is 0.200. The minimum absolute atomic E-state index is 0.328. The Hall–Kier alpha value is -0.940. The first-order valence-electron chi connectivity index (χ1n) is 4.37. The van der Waals surface area contributed by atoms with Crippen LogP contribution in [0.25, 0.3) is 0 Å². The van der Waals surface area contributed by atoms with Crippen molar-refractivity contribution in [1.82, 2.24) is 5.32 Å². The molecule has 0 aromatic heterocycles. The highest BCUT2D eigenvalue weighted by Crippen LogP contribution is 2.10. The molecule has 0 spiro atoms. The monoisotopic (exact) mass is 287 g/mol. The highest BCUT2D eigenvalue weighted by atomic mass is 79.9. The number of benzene rings is 1. The number of nitrogens with one attached hydrogen (secondary N) is 1. The second-order valence-corrected chi connectivity index (χ2v) is 4.01. The lowest BCUT2D eigenvalue weighted by molar-refractivity contribution is 0.158. The van der Waals surface area contributed by atoms with Gasteiger partial charge < -0.3 is 4.74 Å². The molecule has 0 radical (unpaired) electrons. The molecule has 1 N–H and O–H groups in total. The molecule has 0 saturated carbocycles. The van der Waals surface area contributed by atoms with Gasteiger partial charge in [0.2, 0.25) is 0 Å². The Morgan fingerprint density at radius 3 is 2.60 bits per heavy atom. The van der Waals surface area contributed by atoms with Gasteiger partial charge >= 0.3 is 6.09 Å². The maximum atomic E-state index is 11.1. The van der Waals surface area contributed by atoms with Crippen LogP contribution < -0.4 is 5.32 Å².